The zero-order valence-electron chi connectivity index (χ0n) is 22.0. The SMILES string of the molecule is CCCCNC(=O)[C@H](CCCC)NC(=O)[C@H](CC1CCCCC1)N=Cc1c(O)ccc2ccccc12. The van der Waals surface area contributed by atoms with Gasteiger partial charge in [-0.05, 0) is 42.0 Å². The van der Waals surface area contributed by atoms with Gasteiger partial charge in [-0.2, -0.15) is 0 Å². The van der Waals surface area contributed by atoms with Gasteiger partial charge in [-0.1, -0.05) is 95.5 Å². The molecule has 2 aromatic rings. The molecule has 1 aliphatic carbocycles. The van der Waals surface area contributed by atoms with Crippen molar-refractivity contribution >= 4 is 28.8 Å². The summed E-state index contributed by atoms with van der Waals surface area (Å²) in [5, 5.41) is 18.5. The Hall–Kier alpha value is -2.89. The smallest absolute Gasteiger partial charge is 0.245 e. The number of hydrogen-bond donors (Lipinski definition) is 3. The number of nitrogens with zero attached hydrogens (tertiary/aromatic N) is 1. The first-order valence-electron chi connectivity index (χ1n) is 13.8. The molecule has 0 aliphatic heterocycles. The summed E-state index contributed by atoms with van der Waals surface area (Å²) in [6.07, 6.45) is 12.5. The molecule has 1 saturated carbocycles. The van der Waals surface area contributed by atoms with Gasteiger partial charge >= 0.3 is 0 Å². The van der Waals surface area contributed by atoms with Crippen molar-refractivity contribution in [3.05, 3.63) is 42.0 Å². The van der Waals surface area contributed by atoms with Crippen LogP contribution >= 0.6 is 0 Å². The van der Waals surface area contributed by atoms with Crippen LogP contribution in [0.25, 0.3) is 10.8 Å². The predicted molar refractivity (Wildman–Crippen MR) is 148 cm³/mol. The summed E-state index contributed by atoms with van der Waals surface area (Å²) in [7, 11) is 0. The van der Waals surface area contributed by atoms with Gasteiger partial charge in [0.15, 0.2) is 0 Å². The molecule has 1 aliphatic rings. The summed E-state index contributed by atoms with van der Waals surface area (Å²) in [5.41, 5.74) is 0.620. The minimum absolute atomic E-state index is 0.114. The fourth-order valence-corrected chi connectivity index (χ4v) is 5.01. The molecule has 196 valence electrons. The van der Waals surface area contributed by atoms with Crippen LogP contribution in [0.4, 0.5) is 0 Å². The van der Waals surface area contributed by atoms with Crippen LogP contribution in [0.2, 0.25) is 0 Å². The molecule has 0 radical (unpaired) electrons. The van der Waals surface area contributed by atoms with E-state index >= 15 is 0 Å². The van der Waals surface area contributed by atoms with Gasteiger partial charge in [0, 0.05) is 18.3 Å². The van der Waals surface area contributed by atoms with Crippen molar-refractivity contribution in [1.82, 2.24) is 10.6 Å². The molecule has 6 heteroatoms. The third-order valence-corrected chi connectivity index (χ3v) is 7.22. The minimum Gasteiger partial charge on any atom is -0.507 e. The standard InChI is InChI=1S/C30H43N3O3/c1-3-5-16-26(29(35)31-19-6-4-2)33-30(36)27(20-22-12-8-7-9-13-22)32-21-25-24-15-11-10-14-23(24)17-18-28(25)34/h10-11,14-15,17-18,21-22,26-27,34H,3-9,12-13,16,19-20H2,1-2H3,(H,31,35)(H,33,36)/t26-,27-/m0/s1. The summed E-state index contributed by atoms with van der Waals surface area (Å²) in [5.74, 6) is 0.270. The maximum Gasteiger partial charge on any atom is 0.245 e. The van der Waals surface area contributed by atoms with Crippen LogP contribution in [0.1, 0.15) is 90.0 Å². The Morgan fingerprint density at radius 1 is 1.03 bits per heavy atom. The molecule has 3 N–H and O–H groups in total. The van der Waals surface area contributed by atoms with E-state index in [9.17, 15) is 14.7 Å². The van der Waals surface area contributed by atoms with Gasteiger partial charge in [-0.3, -0.25) is 14.6 Å². The van der Waals surface area contributed by atoms with E-state index in [1.54, 1.807) is 12.3 Å². The molecule has 2 amide bonds. The molecule has 2 atom stereocenters. The van der Waals surface area contributed by atoms with Crippen LogP contribution in [-0.4, -0.2) is 41.8 Å². The third-order valence-electron chi connectivity index (χ3n) is 7.22. The Morgan fingerprint density at radius 3 is 2.53 bits per heavy atom. The first kappa shape index (κ1) is 27.7. The Balaban J connectivity index is 1.82. The molecule has 0 heterocycles. The lowest BCUT2D eigenvalue weighted by Gasteiger charge is -2.26. The number of phenolic OH excluding ortho intramolecular Hbond substituents is 1. The van der Waals surface area contributed by atoms with Crippen LogP contribution in [0.15, 0.2) is 41.4 Å². The molecular weight excluding hydrogens is 450 g/mol. The number of aromatic hydroxyl groups is 1. The number of nitrogens with one attached hydrogen (secondary N) is 2. The Morgan fingerprint density at radius 2 is 1.78 bits per heavy atom. The summed E-state index contributed by atoms with van der Waals surface area (Å²) in [6.45, 7) is 4.79. The minimum atomic E-state index is -0.598. The first-order chi connectivity index (χ1) is 17.5. The first-order valence-corrected chi connectivity index (χ1v) is 13.8. The zero-order valence-corrected chi connectivity index (χ0v) is 22.0. The highest BCUT2D eigenvalue weighted by Gasteiger charge is 2.27. The molecule has 0 aromatic heterocycles. The summed E-state index contributed by atoms with van der Waals surface area (Å²) >= 11 is 0. The average molecular weight is 494 g/mol. The topological polar surface area (TPSA) is 90.8 Å². The Labute approximate surface area is 216 Å². The number of rotatable bonds is 13. The van der Waals surface area contributed by atoms with Crippen molar-refractivity contribution in [2.45, 2.75) is 96.6 Å². The molecule has 0 unspecified atom stereocenters. The van der Waals surface area contributed by atoms with Gasteiger partial charge in [0.2, 0.25) is 11.8 Å². The van der Waals surface area contributed by atoms with Crippen LogP contribution in [0.5, 0.6) is 5.75 Å². The van der Waals surface area contributed by atoms with Crippen molar-refractivity contribution in [3.63, 3.8) is 0 Å². The monoisotopic (exact) mass is 493 g/mol. The molecule has 2 aromatic carbocycles. The van der Waals surface area contributed by atoms with Gasteiger partial charge < -0.3 is 15.7 Å². The highest BCUT2D eigenvalue weighted by molar-refractivity contribution is 6.03. The van der Waals surface area contributed by atoms with E-state index in [1.807, 2.05) is 30.3 Å². The van der Waals surface area contributed by atoms with Crippen molar-refractivity contribution < 1.29 is 14.7 Å². The quantitative estimate of drug-likeness (QED) is 0.240. The fourth-order valence-electron chi connectivity index (χ4n) is 5.01. The number of benzene rings is 2. The van der Waals surface area contributed by atoms with Crippen LogP contribution in [0, 0.1) is 5.92 Å². The van der Waals surface area contributed by atoms with Crippen molar-refractivity contribution in [3.8, 4) is 5.75 Å². The van der Waals surface area contributed by atoms with E-state index in [4.69, 9.17) is 4.99 Å². The Kier molecular flexibility index (Phi) is 11.2. The molecular formula is C30H43N3O3. The van der Waals surface area contributed by atoms with Gasteiger partial charge in [0.05, 0.1) is 0 Å². The summed E-state index contributed by atoms with van der Waals surface area (Å²) in [4.78, 5) is 31.1. The molecule has 6 nitrogen and oxygen atoms in total. The highest BCUT2D eigenvalue weighted by Crippen LogP contribution is 2.29. The summed E-state index contributed by atoms with van der Waals surface area (Å²) in [6, 6.07) is 10.2. The number of carbonyl (C=O) groups is 2. The lowest BCUT2D eigenvalue weighted by molar-refractivity contribution is -0.130. The third kappa shape index (κ3) is 8.07. The molecule has 3 rings (SSSR count). The van der Waals surface area contributed by atoms with Gasteiger partial charge in [0.1, 0.15) is 17.8 Å². The average Bonchev–Trinajstić information content (AvgIpc) is 2.90. The fraction of sp³-hybridized carbons (Fsp3) is 0.567. The maximum absolute atomic E-state index is 13.5. The molecule has 0 saturated heterocycles. The second-order valence-corrected chi connectivity index (χ2v) is 10.1. The highest BCUT2D eigenvalue weighted by atomic mass is 16.3. The zero-order chi connectivity index (χ0) is 25.8. The molecule has 36 heavy (non-hydrogen) atoms. The lowest BCUT2D eigenvalue weighted by Crippen LogP contribution is -2.49. The second-order valence-electron chi connectivity index (χ2n) is 10.1. The van der Waals surface area contributed by atoms with Crippen molar-refractivity contribution in [2.75, 3.05) is 6.54 Å². The largest absolute Gasteiger partial charge is 0.507 e. The van der Waals surface area contributed by atoms with Crippen molar-refractivity contribution in [2.24, 2.45) is 10.9 Å². The normalized spacial score (nSPS) is 16.2. The summed E-state index contributed by atoms with van der Waals surface area (Å²) < 4.78 is 0. The number of aliphatic imine (C=N–C) groups is 1. The molecule has 0 spiro atoms. The number of phenols is 1. The number of unbranched alkanes of at least 4 members (excludes halogenated alkanes) is 2. The number of hydrogen-bond acceptors (Lipinski definition) is 4. The number of fused-ring (bicyclic) bond motifs is 1. The maximum atomic E-state index is 13.5. The number of carbonyl (C=O) groups excluding carboxylic acids is 2. The Bertz CT molecular complexity index is 1010. The second kappa shape index (κ2) is 14.6. The van der Waals surface area contributed by atoms with E-state index in [1.165, 1.54) is 19.3 Å². The van der Waals surface area contributed by atoms with E-state index in [-0.39, 0.29) is 17.6 Å². The van der Waals surface area contributed by atoms with Crippen LogP contribution in [0.3, 0.4) is 0 Å². The molecule has 1 fully saturated rings. The van der Waals surface area contributed by atoms with E-state index in [0.29, 0.717) is 30.9 Å². The van der Waals surface area contributed by atoms with E-state index in [0.717, 1.165) is 49.3 Å². The molecule has 0 bridgehead atoms. The van der Waals surface area contributed by atoms with Gasteiger partial charge in [-0.15, -0.1) is 0 Å². The van der Waals surface area contributed by atoms with Crippen LogP contribution < -0.4 is 10.6 Å². The predicted octanol–water partition coefficient (Wildman–Crippen LogP) is 5.89. The van der Waals surface area contributed by atoms with Crippen LogP contribution in [-0.2, 0) is 9.59 Å². The lowest BCUT2D eigenvalue weighted by atomic mass is 9.84. The van der Waals surface area contributed by atoms with Gasteiger partial charge in [0.25, 0.3) is 0 Å². The van der Waals surface area contributed by atoms with Crippen molar-refractivity contribution in [1.29, 1.82) is 0 Å². The van der Waals surface area contributed by atoms with Gasteiger partial charge in [-0.25, -0.2) is 0 Å². The van der Waals surface area contributed by atoms with E-state index in [2.05, 4.69) is 24.5 Å². The van der Waals surface area contributed by atoms with E-state index < -0.39 is 12.1 Å². The number of amides is 2.